The van der Waals surface area contributed by atoms with Crippen LogP contribution in [0.25, 0.3) is 0 Å². The molecule has 0 bridgehead atoms. The van der Waals surface area contributed by atoms with Crippen LogP contribution in [0.5, 0.6) is 0 Å². The van der Waals surface area contributed by atoms with Gasteiger partial charge in [0, 0.05) is 6.92 Å². The smallest absolute Gasteiger partial charge is 0.417 e. The van der Waals surface area contributed by atoms with Crippen LogP contribution in [0, 0.1) is 0 Å². The molecule has 0 radical (unpaired) electrons. The van der Waals surface area contributed by atoms with Crippen molar-refractivity contribution in [2.45, 2.75) is 57.5 Å². The fraction of sp³-hybridized carbons (Fsp3) is 0.524. The minimum absolute atomic E-state index is 0.201. The van der Waals surface area contributed by atoms with Gasteiger partial charge in [0.05, 0.1) is 22.7 Å². The highest BCUT2D eigenvalue weighted by Crippen LogP contribution is 2.39. The first-order valence-electron chi connectivity index (χ1n) is 10.3. The van der Waals surface area contributed by atoms with Gasteiger partial charge in [0.25, 0.3) is 0 Å². The Kier molecular flexibility index (Phi) is 10.7. The average Bonchev–Trinajstić information content (AvgIpc) is 2.74. The molecule has 0 saturated heterocycles. The lowest BCUT2D eigenvalue weighted by molar-refractivity contribution is -0.144. The Morgan fingerprint density at radius 3 is 1.97 bits per heavy atom. The monoisotopic (exact) mass is 513 g/mol. The van der Waals surface area contributed by atoms with Gasteiger partial charge in [0.2, 0.25) is 11.8 Å². The number of ketones is 1. The van der Waals surface area contributed by atoms with Gasteiger partial charge in [-0.1, -0.05) is 6.07 Å². The van der Waals surface area contributed by atoms with E-state index in [1.807, 2.05) is 0 Å². The Morgan fingerprint density at radius 2 is 1.51 bits per heavy atom. The molecule has 0 aliphatic heterocycles. The van der Waals surface area contributed by atoms with Crippen LogP contribution in [0.15, 0.2) is 18.2 Å². The first-order valence-corrected chi connectivity index (χ1v) is 10.3. The summed E-state index contributed by atoms with van der Waals surface area (Å²) in [6.45, 7) is 1.48. The molecule has 0 heterocycles. The van der Waals surface area contributed by atoms with Crippen LogP contribution >= 0.6 is 0 Å². The van der Waals surface area contributed by atoms with E-state index in [1.54, 1.807) is 0 Å². The van der Waals surface area contributed by atoms with Crippen molar-refractivity contribution in [1.29, 1.82) is 0 Å². The van der Waals surface area contributed by atoms with Crippen molar-refractivity contribution in [2.24, 2.45) is 5.73 Å². The molecule has 0 saturated carbocycles. The predicted octanol–water partition coefficient (Wildman–Crippen LogP) is 2.59. The number of carbonyl (C=O) groups is 4. The third-order valence-corrected chi connectivity index (χ3v) is 4.71. The van der Waals surface area contributed by atoms with E-state index in [0.29, 0.717) is 25.5 Å². The first-order chi connectivity index (χ1) is 16.1. The standard InChI is InChI=1S/C21H25F6N3O5/c1-11(29-18(33)15(30-12(2)31)8-3-4-9-28)16(32)10-35-19(34)17-13(20(22,23)24)6-5-7-14(17)21(25,26)27/h5-7,11,15H,3-4,8-10,28H2,1-2H3,(H,29,33)(H,30,31)/t11-,15?/m0/s1. The molecule has 8 nitrogen and oxygen atoms in total. The zero-order valence-corrected chi connectivity index (χ0v) is 18.8. The number of carbonyl (C=O) groups excluding carboxylic acids is 4. The van der Waals surface area contributed by atoms with Crippen molar-refractivity contribution < 1.29 is 50.3 Å². The molecule has 0 spiro atoms. The Morgan fingerprint density at radius 1 is 0.971 bits per heavy atom. The van der Waals surface area contributed by atoms with Crippen LogP contribution < -0.4 is 16.4 Å². The number of amides is 2. The summed E-state index contributed by atoms with van der Waals surface area (Å²) in [7, 11) is 0. The number of esters is 1. The first kappa shape index (κ1) is 29.9. The molecule has 2 amide bonds. The number of hydrogen-bond donors (Lipinski definition) is 3. The highest BCUT2D eigenvalue weighted by molar-refractivity contribution is 5.97. The molecule has 1 aromatic carbocycles. The van der Waals surface area contributed by atoms with Crippen LogP contribution in [-0.4, -0.2) is 48.8 Å². The molecule has 196 valence electrons. The number of nitrogens with two attached hydrogens (primary N) is 1. The second-order valence-corrected chi connectivity index (χ2v) is 7.53. The fourth-order valence-electron chi connectivity index (χ4n) is 2.98. The molecule has 0 aliphatic carbocycles. The van der Waals surface area contributed by atoms with Crippen LogP contribution in [0.1, 0.15) is 54.6 Å². The lowest BCUT2D eigenvalue weighted by Crippen LogP contribution is -2.51. The molecule has 2 atom stereocenters. The zero-order valence-electron chi connectivity index (χ0n) is 18.8. The average molecular weight is 513 g/mol. The van der Waals surface area contributed by atoms with Crippen molar-refractivity contribution in [3.63, 3.8) is 0 Å². The van der Waals surface area contributed by atoms with Crippen LogP contribution in [0.2, 0.25) is 0 Å². The van der Waals surface area contributed by atoms with Gasteiger partial charge in [-0.3, -0.25) is 14.4 Å². The summed E-state index contributed by atoms with van der Waals surface area (Å²) in [5.41, 5.74) is -0.142. The SMILES string of the molecule is CC(=O)NC(CCCCN)C(=O)N[C@@H](C)C(=O)COC(=O)c1c(C(F)(F)F)cccc1C(F)(F)F. The summed E-state index contributed by atoms with van der Waals surface area (Å²) in [6.07, 6.45) is -9.36. The van der Waals surface area contributed by atoms with E-state index >= 15 is 0 Å². The molecular weight excluding hydrogens is 488 g/mol. The van der Waals surface area contributed by atoms with E-state index in [0.717, 1.165) is 0 Å². The fourth-order valence-corrected chi connectivity index (χ4v) is 2.98. The number of unbranched alkanes of at least 4 members (excludes halogenated alkanes) is 1. The normalized spacial score (nSPS) is 13.5. The van der Waals surface area contributed by atoms with Gasteiger partial charge in [-0.25, -0.2) is 4.79 Å². The maximum Gasteiger partial charge on any atom is 0.417 e. The van der Waals surface area contributed by atoms with Gasteiger partial charge < -0.3 is 21.1 Å². The number of nitrogens with one attached hydrogen (secondary N) is 2. The van der Waals surface area contributed by atoms with E-state index in [2.05, 4.69) is 15.4 Å². The number of rotatable bonds is 11. The zero-order chi connectivity index (χ0) is 27.0. The molecular formula is C21H25F6N3O5. The predicted molar refractivity (Wildman–Crippen MR) is 110 cm³/mol. The topological polar surface area (TPSA) is 128 Å². The van der Waals surface area contributed by atoms with Crippen molar-refractivity contribution in [1.82, 2.24) is 10.6 Å². The number of ether oxygens (including phenoxy) is 1. The molecule has 1 rings (SSSR count). The molecule has 4 N–H and O–H groups in total. The summed E-state index contributed by atoms with van der Waals surface area (Å²) in [5, 5.41) is 4.65. The largest absolute Gasteiger partial charge is 0.454 e. The van der Waals surface area contributed by atoms with Crippen molar-refractivity contribution in [2.75, 3.05) is 13.2 Å². The summed E-state index contributed by atoms with van der Waals surface area (Å²) in [5.74, 6) is -4.29. The summed E-state index contributed by atoms with van der Waals surface area (Å²) in [4.78, 5) is 48.1. The van der Waals surface area contributed by atoms with Crippen LogP contribution in [0.3, 0.4) is 0 Å². The maximum atomic E-state index is 13.2. The lowest BCUT2D eigenvalue weighted by Gasteiger charge is -2.21. The van der Waals surface area contributed by atoms with Gasteiger partial charge in [-0.05, 0) is 44.9 Å². The van der Waals surface area contributed by atoms with Gasteiger partial charge in [0.1, 0.15) is 6.04 Å². The molecule has 0 aromatic heterocycles. The quantitative estimate of drug-likeness (QED) is 0.237. The highest BCUT2D eigenvalue weighted by Gasteiger charge is 2.43. The van der Waals surface area contributed by atoms with Gasteiger partial charge in [0.15, 0.2) is 12.4 Å². The Balaban J connectivity index is 2.94. The molecule has 35 heavy (non-hydrogen) atoms. The van der Waals surface area contributed by atoms with Crippen molar-refractivity contribution in [3.8, 4) is 0 Å². The molecule has 0 fully saturated rings. The molecule has 14 heteroatoms. The third kappa shape index (κ3) is 9.19. The van der Waals surface area contributed by atoms with E-state index in [9.17, 15) is 45.5 Å². The summed E-state index contributed by atoms with van der Waals surface area (Å²) >= 11 is 0. The Hall–Kier alpha value is -3.16. The van der Waals surface area contributed by atoms with E-state index < -0.39 is 71.3 Å². The third-order valence-electron chi connectivity index (χ3n) is 4.71. The van der Waals surface area contributed by atoms with Crippen molar-refractivity contribution in [3.05, 3.63) is 34.9 Å². The van der Waals surface area contributed by atoms with Crippen molar-refractivity contribution >= 4 is 23.6 Å². The van der Waals surface area contributed by atoms with Gasteiger partial charge in [-0.2, -0.15) is 26.3 Å². The summed E-state index contributed by atoms with van der Waals surface area (Å²) < 4.78 is 83.6. The Bertz CT molecular complexity index is 901. The number of alkyl halides is 6. The molecule has 1 unspecified atom stereocenters. The van der Waals surface area contributed by atoms with E-state index in [1.165, 1.54) is 13.8 Å². The molecule has 1 aromatic rings. The number of hydrogen-bond acceptors (Lipinski definition) is 6. The maximum absolute atomic E-state index is 13.2. The van der Waals surface area contributed by atoms with E-state index in [4.69, 9.17) is 5.73 Å². The lowest BCUT2D eigenvalue weighted by atomic mass is 10.00. The summed E-state index contributed by atoms with van der Waals surface area (Å²) in [6, 6.07) is -1.29. The van der Waals surface area contributed by atoms with E-state index in [-0.39, 0.29) is 18.6 Å². The van der Waals surface area contributed by atoms with Gasteiger partial charge >= 0.3 is 18.3 Å². The number of Topliss-reactive ketones (excluding diaryl/α,β-unsaturated/α-hetero) is 1. The molecule has 0 aliphatic rings. The number of benzene rings is 1. The highest BCUT2D eigenvalue weighted by atomic mass is 19.4. The Labute approximate surface area is 196 Å². The second kappa shape index (κ2) is 12.5. The van der Waals surface area contributed by atoms with Gasteiger partial charge in [-0.15, -0.1) is 0 Å². The second-order valence-electron chi connectivity index (χ2n) is 7.53. The minimum atomic E-state index is -5.30. The number of halogens is 6. The minimum Gasteiger partial charge on any atom is -0.454 e. The van der Waals surface area contributed by atoms with Crippen LogP contribution in [-0.2, 0) is 31.5 Å². The van der Waals surface area contributed by atoms with Crippen LogP contribution in [0.4, 0.5) is 26.3 Å².